The molecule has 0 saturated carbocycles. The fraction of sp³-hybridized carbons (Fsp3) is 0.667. The Balaban J connectivity index is 2.61. The maximum absolute atomic E-state index is 12.8. The van der Waals surface area contributed by atoms with Crippen molar-refractivity contribution in [2.75, 3.05) is 25.1 Å². The lowest BCUT2D eigenvalue weighted by molar-refractivity contribution is -0.145. The van der Waals surface area contributed by atoms with Crippen LogP contribution in [0.4, 0.5) is 15.4 Å². The van der Waals surface area contributed by atoms with E-state index in [9.17, 15) is 19.2 Å². The van der Waals surface area contributed by atoms with Crippen molar-refractivity contribution in [3.05, 3.63) is 23.9 Å². The second-order valence-corrected chi connectivity index (χ2v) is 11.0. The minimum atomic E-state index is -0.811. The van der Waals surface area contributed by atoms with Gasteiger partial charge in [0.2, 0.25) is 5.91 Å². The number of aromatic nitrogens is 1. The molecule has 0 unspecified atom stereocenters. The molecule has 1 aromatic heterocycles. The summed E-state index contributed by atoms with van der Waals surface area (Å²) in [6, 6.07) is 2.79. The summed E-state index contributed by atoms with van der Waals surface area (Å²) in [5.41, 5.74) is -0.333. The molecule has 0 spiro atoms. The first-order valence-electron chi connectivity index (χ1n) is 12.9. The molecular weight excluding hydrogens is 492 g/mol. The molecule has 0 aliphatic heterocycles. The number of hydrogen-bond donors (Lipinski definition) is 2. The van der Waals surface area contributed by atoms with Gasteiger partial charge in [0.05, 0.1) is 7.11 Å². The van der Waals surface area contributed by atoms with Crippen LogP contribution in [0.25, 0.3) is 0 Å². The van der Waals surface area contributed by atoms with Gasteiger partial charge in [-0.1, -0.05) is 0 Å². The fourth-order valence-electron chi connectivity index (χ4n) is 3.32. The van der Waals surface area contributed by atoms with Gasteiger partial charge in [-0.15, -0.1) is 0 Å². The van der Waals surface area contributed by atoms with E-state index in [0.717, 1.165) is 5.56 Å². The third-order valence-corrected chi connectivity index (χ3v) is 4.99. The average molecular weight is 537 g/mol. The van der Waals surface area contributed by atoms with Crippen molar-refractivity contribution < 1.29 is 33.4 Å². The number of pyridine rings is 1. The van der Waals surface area contributed by atoms with Gasteiger partial charge in [-0.05, 0) is 91.8 Å². The zero-order valence-electron chi connectivity index (χ0n) is 24.0. The Kier molecular flexibility index (Phi) is 13.0. The predicted octanol–water partition coefficient (Wildman–Crippen LogP) is 4.26. The molecule has 0 radical (unpaired) electrons. The minimum absolute atomic E-state index is 0.0822. The quantitative estimate of drug-likeness (QED) is 0.230. The van der Waals surface area contributed by atoms with Crippen LogP contribution in [0, 0.1) is 6.92 Å². The molecule has 1 atom stereocenters. The summed E-state index contributed by atoms with van der Waals surface area (Å²) in [5, 5.41) is 5.38. The van der Waals surface area contributed by atoms with E-state index in [1.807, 2.05) is 13.0 Å². The number of nitrogens with zero attached hydrogens (tertiary/aromatic N) is 2. The van der Waals surface area contributed by atoms with E-state index in [4.69, 9.17) is 14.2 Å². The molecule has 0 bridgehead atoms. The number of aryl methyl sites for hydroxylation is 1. The van der Waals surface area contributed by atoms with Crippen LogP contribution in [0.2, 0.25) is 0 Å². The standard InChI is InChI=1S/C27H44N4O7/c1-19-14-16-28-21(18-19)31(25(35)38-27(5,6)7)17-11-13-22(32)30-20(23(33)36-8)12-9-10-15-29-24(34)37-26(2,3)4/h14,16,18,20H,9-13,15,17H2,1-8H3,(H,29,34)(H,30,32)/t20-/m0/s1. The Morgan fingerprint density at radius 3 is 2.24 bits per heavy atom. The Morgan fingerprint density at radius 2 is 1.66 bits per heavy atom. The number of hydrogen-bond acceptors (Lipinski definition) is 8. The average Bonchev–Trinajstić information content (AvgIpc) is 2.77. The summed E-state index contributed by atoms with van der Waals surface area (Å²) in [5.74, 6) is -0.446. The van der Waals surface area contributed by atoms with Gasteiger partial charge < -0.3 is 24.8 Å². The molecule has 11 heteroatoms. The zero-order valence-corrected chi connectivity index (χ0v) is 24.0. The number of rotatable bonds is 12. The topological polar surface area (TPSA) is 136 Å². The van der Waals surface area contributed by atoms with Crippen molar-refractivity contribution in [1.82, 2.24) is 15.6 Å². The van der Waals surface area contributed by atoms with E-state index in [1.165, 1.54) is 12.0 Å². The zero-order chi connectivity index (χ0) is 28.9. The van der Waals surface area contributed by atoms with Crippen LogP contribution in [0.1, 0.15) is 79.2 Å². The molecule has 0 saturated heterocycles. The highest BCUT2D eigenvalue weighted by Gasteiger charge is 2.25. The summed E-state index contributed by atoms with van der Waals surface area (Å²) in [7, 11) is 1.26. The molecule has 0 fully saturated rings. The summed E-state index contributed by atoms with van der Waals surface area (Å²) in [6.07, 6.45) is 2.48. The maximum Gasteiger partial charge on any atom is 0.416 e. The van der Waals surface area contributed by atoms with Crippen LogP contribution in [0.5, 0.6) is 0 Å². The van der Waals surface area contributed by atoms with Gasteiger partial charge in [-0.2, -0.15) is 0 Å². The van der Waals surface area contributed by atoms with Gasteiger partial charge in [-0.3, -0.25) is 9.69 Å². The minimum Gasteiger partial charge on any atom is -0.467 e. The number of nitrogens with one attached hydrogen (secondary N) is 2. The number of carbonyl (C=O) groups excluding carboxylic acids is 4. The van der Waals surface area contributed by atoms with Gasteiger partial charge in [0.25, 0.3) is 0 Å². The summed E-state index contributed by atoms with van der Waals surface area (Å²) >= 11 is 0. The number of carbonyl (C=O) groups is 4. The third kappa shape index (κ3) is 13.8. The van der Waals surface area contributed by atoms with E-state index in [1.54, 1.807) is 53.8 Å². The number of alkyl carbamates (subject to hydrolysis) is 1. The van der Waals surface area contributed by atoms with Crippen molar-refractivity contribution in [2.24, 2.45) is 0 Å². The first kappa shape index (κ1) is 32.7. The smallest absolute Gasteiger partial charge is 0.416 e. The molecule has 1 aromatic rings. The van der Waals surface area contributed by atoms with E-state index in [0.29, 0.717) is 38.0 Å². The molecule has 1 heterocycles. The fourth-order valence-corrected chi connectivity index (χ4v) is 3.32. The second-order valence-electron chi connectivity index (χ2n) is 11.0. The third-order valence-electron chi connectivity index (χ3n) is 4.99. The monoisotopic (exact) mass is 536 g/mol. The van der Waals surface area contributed by atoms with Gasteiger partial charge in [0.1, 0.15) is 23.1 Å². The highest BCUT2D eigenvalue weighted by molar-refractivity contribution is 5.87. The molecule has 0 aliphatic carbocycles. The lowest BCUT2D eigenvalue weighted by atomic mass is 10.1. The lowest BCUT2D eigenvalue weighted by Crippen LogP contribution is -2.42. The van der Waals surface area contributed by atoms with Gasteiger partial charge in [-0.25, -0.2) is 19.4 Å². The maximum atomic E-state index is 12.8. The highest BCUT2D eigenvalue weighted by atomic mass is 16.6. The normalized spacial score (nSPS) is 12.2. The molecule has 3 amide bonds. The number of anilines is 1. The molecule has 0 aromatic carbocycles. The van der Waals surface area contributed by atoms with Gasteiger partial charge in [0.15, 0.2) is 0 Å². The molecule has 11 nitrogen and oxygen atoms in total. The number of amides is 3. The first-order chi connectivity index (χ1) is 17.6. The SMILES string of the molecule is COC(=O)[C@H](CCCCNC(=O)OC(C)(C)C)NC(=O)CCCN(C(=O)OC(C)(C)C)c1cc(C)ccn1. The number of esters is 1. The van der Waals surface area contributed by atoms with Crippen LogP contribution in [-0.4, -0.2) is 66.5 Å². The van der Waals surface area contributed by atoms with Crippen LogP contribution in [0.3, 0.4) is 0 Å². The molecule has 0 aliphatic rings. The number of ether oxygens (including phenoxy) is 3. The van der Waals surface area contributed by atoms with Gasteiger partial charge >= 0.3 is 18.2 Å². The Morgan fingerprint density at radius 1 is 1.00 bits per heavy atom. The predicted molar refractivity (Wildman–Crippen MR) is 144 cm³/mol. The van der Waals surface area contributed by atoms with E-state index in [-0.39, 0.29) is 18.9 Å². The van der Waals surface area contributed by atoms with E-state index >= 15 is 0 Å². The largest absolute Gasteiger partial charge is 0.467 e. The van der Waals surface area contributed by atoms with Crippen molar-refractivity contribution in [1.29, 1.82) is 0 Å². The molecule has 214 valence electrons. The summed E-state index contributed by atoms with van der Waals surface area (Å²) < 4.78 is 15.5. The highest BCUT2D eigenvalue weighted by Crippen LogP contribution is 2.18. The van der Waals surface area contributed by atoms with Crippen LogP contribution in [0.15, 0.2) is 18.3 Å². The molecular formula is C27H44N4O7. The van der Waals surface area contributed by atoms with Crippen molar-refractivity contribution in [2.45, 2.75) is 97.8 Å². The molecule has 1 rings (SSSR count). The summed E-state index contributed by atoms with van der Waals surface area (Å²) in [6.45, 7) is 13.2. The van der Waals surface area contributed by atoms with E-state index < -0.39 is 35.4 Å². The van der Waals surface area contributed by atoms with Crippen molar-refractivity contribution in [3.8, 4) is 0 Å². The summed E-state index contributed by atoms with van der Waals surface area (Å²) in [4.78, 5) is 55.0. The Hall–Kier alpha value is -3.37. The first-order valence-corrected chi connectivity index (χ1v) is 12.9. The van der Waals surface area contributed by atoms with E-state index in [2.05, 4.69) is 15.6 Å². The van der Waals surface area contributed by atoms with Crippen LogP contribution < -0.4 is 15.5 Å². The van der Waals surface area contributed by atoms with Crippen molar-refractivity contribution >= 4 is 29.9 Å². The van der Waals surface area contributed by atoms with Gasteiger partial charge in [0, 0.05) is 25.7 Å². The molecule has 2 N–H and O–H groups in total. The Bertz CT molecular complexity index is 938. The number of unbranched alkanes of at least 4 members (excludes halogenated alkanes) is 1. The van der Waals surface area contributed by atoms with Crippen LogP contribution >= 0.6 is 0 Å². The van der Waals surface area contributed by atoms with Crippen molar-refractivity contribution in [3.63, 3.8) is 0 Å². The van der Waals surface area contributed by atoms with Crippen LogP contribution in [-0.2, 0) is 23.8 Å². The number of methoxy groups -OCH3 is 1. The Labute approximate surface area is 226 Å². The lowest BCUT2D eigenvalue weighted by Gasteiger charge is -2.27. The molecule has 38 heavy (non-hydrogen) atoms. The second kappa shape index (κ2) is 15.1.